The summed E-state index contributed by atoms with van der Waals surface area (Å²) in [6.45, 7) is 1.11. The number of aliphatic hydroxyl groups excluding tert-OH is 1. The summed E-state index contributed by atoms with van der Waals surface area (Å²) in [5, 5.41) is 12.5. The van der Waals surface area contributed by atoms with Crippen molar-refractivity contribution in [1.29, 1.82) is 0 Å². The summed E-state index contributed by atoms with van der Waals surface area (Å²) < 4.78 is 40.6. The van der Waals surface area contributed by atoms with E-state index < -0.39 is 18.4 Å². The van der Waals surface area contributed by atoms with Crippen molar-refractivity contribution < 1.29 is 27.8 Å². The summed E-state index contributed by atoms with van der Waals surface area (Å²) in [4.78, 5) is 24.0. The van der Waals surface area contributed by atoms with Gasteiger partial charge in [0.05, 0.1) is 22.1 Å². The van der Waals surface area contributed by atoms with Gasteiger partial charge in [-0.05, 0) is 36.8 Å². The Morgan fingerprint density at radius 1 is 1.26 bits per heavy atom. The van der Waals surface area contributed by atoms with Gasteiger partial charge in [-0.1, -0.05) is 0 Å². The lowest BCUT2D eigenvalue weighted by atomic mass is 10.1. The molecule has 1 unspecified atom stereocenters. The lowest BCUT2D eigenvalue weighted by molar-refractivity contribution is -0.274. The highest BCUT2D eigenvalue weighted by Crippen LogP contribution is 2.34. The van der Waals surface area contributed by atoms with Gasteiger partial charge in [-0.15, -0.1) is 24.5 Å². The van der Waals surface area contributed by atoms with E-state index in [1.54, 1.807) is 17.8 Å². The Kier molecular flexibility index (Phi) is 5.79. The molecule has 1 amide bonds. The molecular weight excluding hydrogens is 433 g/mol. The molecule has 3 heterocycles. The average Bonchev–Trinajstić information content (AvgIpc) is 3.40. The minimum Gasteiger partial charge on any atom is -0.406 e. The van der Waals surface area contributed by atoms with Crippen LogP contribution in [0.5, 0.6) is 5.75 Å². The van der Waals surface area contributed by atoms with E-state index in [2.05, 4.69) is 20.0 Å². The van der Waals surface area contributed by atoms with Crippen LogP contribution in [0.4, 0.5) is 24.7 Å². The molecule has 2 aromatic heterocycles. The fraction of sp³-hybridized carbons (Fsp3) is 0.250. The Labute approximate surface area is 179 Å². The van der Waals surface area contributed by atoms with Crippen molar-refractivity contribution in [3.05, 3.63) is 53.8 Å². The molecule has 1 aliphatic rings. The number of β-amino-alcohol motifs (C(OH)–C–C–N with tert-alkyl or cyclic N) is 1. The third-order valence-corrected chi connectivity index (χ3v) is 5.44. The van der Waals surface area contributed by atoms with Crippen molar-refractivity contribution in [2.24, 2.45) is 0 Å². The third kappa shape index (κ3) is 5.12. The Bertz CT molecular complexity index is 1060. The first-order valence-electron chi connectivity index (χ1n) is 9.27. The van der Waals surface area contributed by atoms with E-state index in [0.717, 1.165) is 22.6 Å². The maximum absolute atomic E-state index is 12.7. The molecule has 4 rings (SSSR count). The highest BCUT2D eigenvalue weighted by molar-refractivity contribution is 7.13. The molecule has 0 radical (unpaired) electrons. The molecule has 0 spiro atoms. The minimum absolute atomic E-state index is 0.280. The van der Waals surface area contributed by atoms with E-state index in [1.165, 1.54) is 29.7 Å². The van der Waals surface area contributed by atoms with Crippen molar-refractivity contribution in [2.75, 3.05) is 23.3 Å². The van der Waals surface area contributed by atoms with Gasteiger partial charge in [0.1, 0.15) is 11.6 Å². The van der Waals surface area contributed by atoms with Crippen LogP contribution in [0.25, 0.3) is 10.4 Å². The van der Waals surface area contributed by atoms with E-state index in [-0.39, 0.29) is 11.3 Å². The number of pyridine rings is 1. The van der Waals surface area contributed by atoms with Crippen LogP contribution in [0, 0.1) is 0 Å². The highest BCUT2D eigenvalue weighted by atomic mass is 32.1. The maximum Gasteiger partial charge on any atom is 0.573 e. The lowest BCUT2D eigenvalue weighted by Gasteiger charge is -2.20. The number of halogens is 3. The monoisotopic (exact) mass is 450 g/mol. The molecule has 1 atom stereocenters. The molecule has 0 saturated carbocycles. The number of aromatic nitrogens is 2. The number of alkyl halides is 3. The number of nitrogens with zero attached hydrogens (tertiary/aromatic N) is 3. The summed E-state index contributed by atoms with van der Waals surface area (Å²) in [5.74, 6) is -0.182. The first kappa shape index (κ1) is 21.1. The molecule has 1 aromatic carbocycles. The molecule has 1 fully saturated rings. The van der Waals surface area contributed by atoms with E-state index >= 15 is 0 Å². The van der Waals surface area contributed by atoms with E-state index in [9.17, 15) is 23.1 Å². The van der Waals surface area contributed by atoms with Crippen LogP contribution in [-0.2, 0) is 0 Å². The van der Waals surface area contributed by atoms with Crippen molar-refractivity contribution in [3.8, 4) is 16.2 Å². The molecule has 1 saturated heterocycles. The first-order chi connectivity index (χ1) is 14.8. The van der Waals surface area contributed by atoms with Crippen LogP contribution in [-0.4, -0.2) is 46.5 Å². The second-order valence-electron chi connectivity index (χ2n) is 6.88. The Hall–Kier alpha value is -3.18. The average molecular weight is 450 g/mol. The van der Waals surface area contributed by atoms with Crippen LogP contribution in [0.3, 0.4) is 0 Å². The topological polar surface area (TPSA) is 87.6 Å². The largest absolute Gasteiger partial charge is 0.573 e. The number of amides is 1. The Balaban J connectivity index is 1.55. The molecule has 0 aliphatic carbocycles. The smallest absolute Gasteiger partial charge is 0.406 e. The van der Waals surface area contributed by atoms with Gasteiger partial charge in [-0.3, -0.25) is 9.78 Å². The van der Waals surface area contributed by atoms with Crippen LogP contribution >= 0.6 is 11.3 Å². The number of nitrogens with one attached hydrogen (secondary N) is 1. The lowest BCUT2D eigenvalue weighted by Crippen LogP contribution is -2.23. The minimum atomic E-state index is -4.78. The van der Waals surface area contributed by atoms with Crippen molar-refractivity contribution in [3.63, 3.8) is 0 Å². The third-order valence-electron chi connectivity index (χ3n) is 4.64. The molecule has 162 valence electrons. The second kappa shape index (κ2) is 8.52. The van der Waals surface area contributed by atoms with Crippen LogP contribution in [0.15, 0.2) is 48.2 Å². The van der Waals surface area contributed by atoms with E-state index in [0.29, 0.717) is 31.0 Å². The number of carbonyl (C=O) groups is 1. The fourth-order valence-corrected chi connectivity index (χ4v) is 3.88. The van der Waals surface area contributed by atoms with Gasteiger partial charge in [0, 0.05) is 36.7 Å². The number of rotatable bonds is 5. The highest BCUT2D eigenvalue weighted by Gasteiger charge is 2.31. The first-order valence-corrected chi connectivity index (χ1v) is 10.2. The van der Waals surface area contributed by atoms with Gasteiger partial charge in [-0.25, -0.2) is 4.98 Å². The number of thiazole rings is 1. The van der Waals surface area contributed by atoms with Crippen molar-refractivity contribution in [1.82, 2.24) is 9.97 Å². The Morgan fingerprint density at radius 3 is 2.65 bits per heavy atom. The quantitative estimate of drug-likeness (QED) is 0.613. The standard InChI is InChI=1S/C20H17F3N4O3S/c21-20(22,23)30-15-3-1-13(2-4-15)26-19(29)12-7-16(17-9-24-11-31-17)18(25-8-12)27-6-5-14(28)10-27/h1-4,7-9,11,14,28H,5-6,10H2,(H,26,29). The molecule has 31 heavy (non-hydrogen) atoms. The van der Waals surface area contributed by atoms with Crippen LogP contribution in [0.2, 0.25) is 0 Å². The fourth-order valence-electron chi connectivity index (χ4n) is 3.24. The Morgan fingerprint density at radius 2 is 2.03 bits per heavy atom. The normalized spacial score (nSPS) is 16.4. The molecule has 1 aliphatic heterocycles. The summed E-state index contributed by atoms with van der Waals surface area (Å²) >= 11 is 1.40. The summed E-state index contributed by atoms with van der Waals surface area (Å²) in [7, 11) is 0. The second-order valence-corrected chi connectivity index (χ2v) is 7.76. The summed E-state index contributed by atoms with van der Waals surface area (Å²) in [6.07, 6.45) is -1.46. The number of anilines is 2. The maximum atomic E-state index is 12.7. The predicted molar refractivity (Wildman–Crippen MR) is 109 cm³/mol. The van der Waals surface area contributed by atoms with Gasteiger partial charge in [0.2, 0.25) is 0 Å². The molecule has 3 aromatic rings. The zero-order chi connectivity index (χ0) is 22.0. The number of benzene rings is 1. The van der Waals surface area contributed by atoms with Gasteiger partial charge < -0.3 is 20.1 Å². The van der Waals surface area contributed by atoms with Crippen LogP contribution in [0.1, 0.15) is 16.8 Å². The molecule has 2 N–H and O–H groups in total. The van der Waals surface area contributed by atoms with Crippen LogP contribution < -0.4 is 15.0 Å². The van der Waals surface area contributed by atoms with E-state index in [4.69, 9.17) is 0 Å². The van der Waals surface area contributed by atoms with Gasteiger partial charge in [-0.2, -0.15) is 0 Å². The number of hydrogen-bond acceptors (Lipinski definition) is 7. The van der Waals surface area contributed by atoms with Gasteiger partial charge >= 0.3 is 6.36 Å². The molecule has 11 heteroatoms. The van der Waals surface area contributed by atoms with Crippen molar-refractivity contribution in [2.45, 2.75) is 18.9 Å². The van der Waals surface area contributed by atoms with Gasteiger partial charge in [0.15, 0.2) is 0 Å². The van der Waals surface area contributed by atoms with E-state index in [1.807, 2.05) is 4.90 Å². The zero-order valence-corrected chi connectivity index (χ0v) is 16.8. The summed E-state index contributed by atoms with van der Waals surface area (Å²) in [5.41, 5.74) is 2.99. The number of aliphatic hydroxyl groups is 1. The SMILES string of the molecule is O=C(Nc1ccc(OC(F)(F)F)cc1)c1cnc(N2CCC(O)C2)c(-c2cncs2)c1. The number of ether oxygens (including phenoxy) is 1. The molecule has 7 nitrogen and oxygen atoms in total. The summed E-state index contributed by atoms with van der Waals surface area (Å²) in [6, 6.07) is 6.56. The number of hydrogen-bond donors (Lipinski definition) is 2. The van der Waals surface area contributed by atoms with Gasteiger partial charge in [0.25, 0.3) is 5.91 Å². The van der Waals surface area contributed by atoms with Crippen molar-refractivity contribution >= 4 is 28.7 Å². The molecular formula is C20H17F3N4O3S. The predicted octanol–water partition coefficient (Wildman–Crippen LogP) is 3.93. The molecule has 0 bridgehead atoms. The number of carbonyl (C=O) groups excluding carboxylic acids is 1. The zero-order valence-electron chi connectivity index (χ0n) is 16.0.